The number of hydrogen-bond acceptors (Lipinski definition) is 5. The molecular weight excluding hydrogens is 332 g/mol. The second-order valence-electron chi connectivity index (χ2n) is 7.31. The van der Waals surface area contributed by atoms with E-state index in [2.05, 4.69) is 26.3 Å². The van der Waals surface area contributed by atoms with Gasteiger partial charge < -0.3 is 9.80 Å². The smallest absolute Gasteiger partial charge is 0.229 e. The van der Waals surface area contributed by atoms with Crippen LogP contribution in [-0.2, 0) is 30.6 Å². The van der Waals surface area contributed by atoms with Crippen LogP contribution in [0, 0.1) is 5.92 Å². The van der Waals surface area contributed by atoms with E-state index in [-0.39, 0.29) is 5.92 Å². The standard InChI is InChI=1S/C19H22N4OS/c24-19(22-7-5-17-13(9-22)6-8-25-17)14-10-23(11-14)18-15-3-1-2-4-16(15)20-12-21-18/h6,8,12,14H,1-5,7,9-11H2. The van der Waals surface area contributed by atoms with E-state index in [0.29, 0.717) is 5.91 Å². The first-order valence-corrected chi connectivity index (χ1v) is 10.1. The molecule has 2 aliphatic heterocycles. The van der Waals surface area contributed by atoms with Gasteiger partial charge >= 0.3 is 0 Å². The predicted molar refractivity (Wildman–Crippen MR) is 97.8 cm³/mol. The summed E-state index contributed by atoms with van der Waals surface area (Å²) in [7, 11) is 0. The molecule has 6 heteroatoms. The minimum absolute atomic E-state index is 0.120. The second-order valence-corrected chi connectivity index (χ2v) is 8.31. The highest BCUT2D eigenvalue weighted by atomic mass is 32.1. The first-order valence-electron chi connectivity index (χ1n) is 9.21. The lowest BCUT2D eigenvalue weighted by Crippen LogP contribution is -2.55. The molecule has 0 aromatic carbocycles. The molecule has 1 aliphatic carbocycles. The van der Waals surface area contributed by atoms with Crippen LogP contribution in [0.25, 0.3) is 0 Å². The van der Waals surface area contributed by atoms with Crippen LogP contribution in [0.5, 0.6) is 0 Å². The van der Waals surface area contributed by atoms with Crippen molar-refractivity contribution < 1.29 is 4.79 Å². The molecule has 4 heterocycles. The summed E-state index contributed by atoms with van der Waals surface area (Å²) in [6.45, 7) is 3.26. The van der Waals surface area contributed by atoms with Gasteiger partial charge in [-0.1, -0.05) is 0 Å². The average Bonchev–Trinajstić information content (AvgIpc) is 3.08. The number of nitrogens with zero attached hydrogens (tertiary/aromatic N) is 4. The summed E-state index contributed by atoms with van der Waals surface area (Å²) >= 11 is 1.82. The lowest BCUT2D eigenvalue weighted by molar-refractivity contribution is -0.137. The Balaban J connectivity index is 1.26. The van der Waals surface area contributed by atoms with Gasteiger partial charge in [-0.25, -0.2) is 9.97 Å². The lowest BCUT2D eigenvalue weighted by Gasteiger charge is -2.43. The molecule has 0 saturated carbocycles. The van der Waals surface area contributed by atoms with E-state index in [1.165, 1.54) is 34.5 Å². The van der Waals surface area contributed by atoms with E-state index in [1.807, 2.05) is 16.2 Å². The Morgan fingerprint density at radius 1 is 1.16 bits per heavy atom. The molecule has 1 amide bonds. The van der Waals surface area contributed by atoms with Crippen molar-refractivity contribution in [2.24, 2.45) is 5.92 Å². The third-order valence-corrected chi connectivity index (χ3v) is 6.77. The molecular formula is C19H22N4OS. The molecule has 5 nitrogen and oxygen atoms in total. The predicted octanol–water partition coefficient (Wildman–Crippen LogP) is 2.44. The van der Waals surface area contributed by atoms with Gasteiger partial charge in [-0.3, -0.25) is 4.79 Å². The minimum atomic E-state index is 0.120. The molecule has 0 N–H and O–H groups in total. The van der Waals surface area contributed by atoms with Crippen LogP contribution in [0.15, 0.2) is 17.8 Å². The van der Waals surface area contributed by atoms with Crippen molar-refractivity contribution in [2.75, 3.05) is 24.5 Å². The van der Waals surface area contributed by atoms with Crippen molar-refractivity contribution in [3.8, 4) is 0 Å². The Hall–Kier alpha value is -1.95. The zero-order valence-corrected chi connectivity index (χ0v) is 15.1. The van der Waals surface area contributed by atoms with Gasteiger partial charge in [0, 0.05) is 42.3 Å². The topological polar surface area (TPSA) is 49.3 Å². The summed E-state index contributed by atoms with van der Waals surface area (Å²) in [5, 5.41) is 2.14. The molecule has 0 unspecified atom stereocenters. The largest absolute Gasteiger partial charge is 0.355 e. The number of aromatic nitrogens is 2. The van der Waals surface area contributed by atoms with Gasteiger partial charge in [0.2, 0.25) is 5.91 Å². The molecule has 0 atom stereocenters. The molecule has 2 aromatic rings. The molecule has 25 heavy (non-hydrogen) atoms. The normalized spacial score (nSPS) is 20.0. The van der Waals surface area contributed by atoms with Gasteiger partial charge in [-0.2, -0.15) is 0 Å². The maximum atomic E-state index is 12.8. The van der Waals surface area contributed by atoms with E-state index < -0.39 is 0 Å². The summed E-state index contributed by atoms with van der Waals surface area (Å²) in [5.41, 5.74) is 3.87. The van der Waals surface area contributed by atoms with Crippen molar-refractivity contribution in [1.82, 2.24) is 14.9 Å². The van der Waals surface area contributed by atoms with Crippen molar-refractivity contribution in [3.05, 3.63) is 39.5 Å². The Morgan fingerprint density at radius 2 is 2.04 bits per heavy atom. The van der Waals surface area contributed by atoms with Crippen LogP contribution >= 0.6 is 11.3 Å². The van der Waals surface area contributed by atoms with E-state index in [9.17, 15) is 4.79 Å². The Bertz CT molecular complexity index is 812. The zero-order valence-electron chi connectivity index (χ0n) is 14.3. The molecule has 2 aromatic heterocycles. The number of carbonyl (C=O) groups is 1. The average molecular weight is 354 g/mol. The van der Waals surface area contributed by atoms with E-state index >= 15 is 0 Å². The fraction of sp³-hybridized carbons (Fsp3) is 0.526. The summed E-state index contributed by atoms with van der Waals surface area (Å²) < 4.78 is 0. The number of anilines is 1. The van der Waals surface area contributed by atoms with Crippen LogP contribution in [0.3, 0.4) is 0 Å². The Morgan fingerprint density at radius 3 is 2.96 bits per heavy atom. The van der Waals surface area contributed by atoms with E-state index in [4.69, 9.17) is 0 Å². The maximum absolute atomic E-state index is 12.8. The molecule has 0 radical (unpaired) electrons. The SMILES string of the molecule is O=C(C1CN(c2ncnc3c2CCCC3)C1)N1CCc2sccc2C1. The van der Waals surface area contributed by atoms with Crippen molar-refractivity contribution in [2.45, 2.75) is 38.6 Å². The summed E-state index contributed by atoms with van der Waals surface area (Å²) in [5.74, 6) is 1.51. The number of amides is 1. The van der Waals surface area contributed by atoms with Crippen molar-refractivity contribution >= 4 is 23.1 Å². The molecule has 130 valence electrons. The number of fused-ring (bicyclic) bond motifs is 2. The van der Waals surface area contributed by atoms with Gasteiger partial charge in [0.25, 0.3) is 0 Å². The summed E-state index contributed by atoms with van der Waals surface area (Å²) in [6, 6.07) is 2.17. The van der Waals surface area contributed by atoms with Gasteiger partial charge in [0.15, 0.2) is 0 Å². The molecule has 1 fully saturated rings. The van der Waals surface area contributed by atoms with E-state index in [0.717, 1.165) is 51.3 Å². The second kappa shape index (κ2) is 6.09. The first-order chi connectivity index (χ1) is 12.3. The molecule has 0 bridgehead atoms. The van der Waals surface area contributed by atoms with Crippen LogP contribution in [0.2, 0.25) is 0 Å². The quantitative estimate of drug-likeness (QED) is 0.831. The lowest BCUT2D eigenvalue weighted by atomic mass is 9.92. The highest BCUT2D eigenvalue weighted by molar-refractivity contribution is 7.10. The Kier molecular flexibility index (Phi) is 3.73. The van der Waals surface area contributed by atoms with Gasteiger partial charge in [0.1, 0.15) is 12.1 Å². The molecule has 1 saturated heterocycles. The first kappa shape index (κ1) is 15.3. The van der Waals surface area contributed by atoms with Crippen LogP contribution in [0.4, 0.5) is 5.82 Å². The molecule has 5 rings (SSSR count). The summed E-state index contributed by atoms with van der Waals surface area (Å²) in [4.78, 5) is 27.6. The monoisotopic (exact) mass is 354 g/mol. The van der Waals surface area contributed by atoms with Crippen LogP contribution in [0.1, 0.15) is 34.5 Å². The third-order valence-electron chi connectivity index (χ3n) is 5.75. The fourth-order valence-electron chi connectivity index (χ4n) is 4.28. The Labute approximate surface area is 151 Å². The van der Waals surface area contributed by atoms with Crippen LogP contribution in [-0.4, -0.2) is 40.4 Å². The van der Waals surface area contributed by atoms with Crippen molar-refractivity contribution in [1.29, 1.82) is 0 Å². The highest BCUT2D eigenvalue weighted by Crippen LogP contribution is 2.33. The van der Waals surface area contributed by atoms with Gasteiger partial charge in [0.05, 0.1) is 5.92 Å². The number of rotatable bonds is 2. The number of carbonyl (C=O) groups excluding carboxylic acids is 1. The third kappa shape index (κ3) is 2.63. The maximum Gasteiger partial charge on any atom is 0.229 e. The molecule has 0 spiro atoms. The minimum Gasteiger partial charge on any atom is -0.355 e. The number of thiophene rings is 1. The molecule has 3 aliphatic rings. The summed E-state index contributed by atoms with van der Waals surface area (Å²) in [6.07, 6.45) is 7.29. The number of aryl methyl sites for hydroxylation is 1. The van der Waals surface area contributed by atoms with Crippen molar-refractivity contribution in [3.63, 3.8) is 0 Å². The zero-order chi connectivity index (χ0) is 16.8. The number of hydrogen-bond donors (Lipinski definition) is 0. The van der Waals surface area contributed by atoms with Gasteiger partial charge in [-0.15, -0.1) is 11.3 Å². The van der Waals surface area contributed by atoms with E-state index in [1.54, 1.807) is 6.33 Å². The van der Waals surface area contributed by atoms with Gasteiger partial charge in [-0.05, 0) is 49.1 Å². The highest BCUT2D eigenvalue weighted by Gasteiger charge is 2.38. The van der Waals surface area contributed by atoms with Crippen LogP contribution < -0.4 is 4.90 Å². The fourth-order valence-corrected chi connectivity index (χ4v) is 5.17.